The van der Waals surface area contributed by atoms with E-state index in [-0.39, 0.29) is 0 Å². The third-order valence-electron chi connectivity index (χ3n) is 3.17. The number of hydrogen-bond donors (Lipinski definition) is 2. The maximum Gasteiger partial charge on any atom is 0.186 e. The minimum absolute atomic E-state index is 0.591. The number of nitrogens with zero attached hydrogens (tertiary/aromatic N) is 1. The van der Waals surface area contributed by atoms with Crippen LogP contribution in [0.25, 0.3) is 22.4 Å². The molecule has 18 heavy (non-hydrogen) atoms. The Morgan fingerprint density at radius 1 is 1.39 bits per heavy atom. The summed E-state index contributed by atoms with van der Waals surface area (Å²) in [5.41, 5.74) is 9.95. The van der Waals surface area contributed by atoms with Gasteiger partial charge in [0.15, 0.2) is 5.76 Å². The van der Waals surface area contributed by atoms with Gasteiger partial charge in [-0.15, -0.1) is 0 Å². The highest BCUT2D eigenvalue weighted by atomic mass is 16.5. The second-order valence-electron chi connectivity index (χ2n) is 4.44. The zero-order valence-electron chi connectivity index (χ0n) is 10.2. The maximum atomic E-state index is 5.59. The Labute approximate surface area is 105 Å². The molecular formula is C14H15N3O. The highest BCUT2D eigenvalue weighted by molar-refractivity contribution is 5.87. The summed E-state index contributed by atoms with van der Waals surface area (Å²) in [5.74, 6) is 0.788. The average Bonchev–Trinajstić information content (AvgIpc) is 2.95. The predicted molar refractivity (Wildman–Crippen MR) is 71.3 cm³/mol. The Bertz CT molecular complexity index is 681. The monoisotopic (exact) mass is 241 g/mol. The molecule has 0 fully saturated rings. The molecule has 0 aliphatic rings. The Morgan fingerprint density at radius 3 is 3.06 bits per heavy atom. The number of aromatic amines is 1. The molecule has 3 aromatic rings. The molecule has 0 unspecified atom stereocenters. The molecule has 0 aliphatic heterocycles. The molecule has 4 nitrogen and oxygen atoms in total. The van der Waals surface area contributed by atoms with Crippen molar-refractivity contribution in [2.45, 2.75) is 13.3 Å². The van der Waals surface area contributed by atoms with E-state index in [1.54, 1.807) is 6.20 Å². The molecular weight excluding hydrogens is 226 g/mol. The third kappa shape index (κ3) is 1.71. The lowest BCUT2D eigenvalue weighted by Gasteiger charge is -1.96. The van der Waals surface area contributed by atoms with Crippen LogP contribution in [0, 0.1) is 6.92 Å². The first-order chi connectivity index (χ1) is 8.79. The Balaban J connectivity index is 2.14. The van der Waals surface area contributed by atoms with Crippen LogP contribution in [0.2, 0.25) is 0 Å². The van der Waals surface area contributed by atoms with Gasteiger partial charge < -0.3 is 15.2 Å². The molecule has 3 N–H and O–H groups in total. The number of hydrogen-bond acceptors (Lipinski definition) is 3. The second-order valence-corrected chi connectivity index (χ2v) is 4.44. The zero-order valence-corrected chi connectivity index (χ0v) is 10.2. The van der Waals surface area contributed by atoms with Crippen LogP contribution in [-0.4, -0.2) is 16.7 Å². The molecule has 0 bridgehead atoms. The summed E-state index contributed by atoms with van der Waals surface area (Å²) >= 11 is 0. The largest absolute Gasteiger partial charge is 0.354 e. The van der Waals surface area contributed by atoms with Crippen LogP contribution in [0.3, 0.4) is 0 Å². The number of benzene rings is 1. The van der Waals surface area contributed by atoms with Gasteiger partial charge in [-0.2, -0.15) is 0 Å². The van der Waals surface area contributed by atoms with Gasteiger partial charge in [0.2, 0.25) is 0 Å². The van der Waals surface area contributed by atoms with E-state index in [2.05, 4.69) is 41.3 Å². The third-order valence-corrected chi connectivity index (χ3v) is 3.17. The van der Waals surface area contributed by atoms with Gasteiger partial charge in [-0.25, -0.2) is 0 Å². The van der Waals surface area contributed by atoms with Crippen molar-refractivity contribution in [1.82, 2.24) is 10.1 Å². The summed E-state index contributed by atoms with van der Waals surface area (Å²) in [7, 11) is 0. The van der Waals surface area contributed by atoms with Crippen molar-refractivity contribution in [2.24, 2.45) is 5.73 Å². The van der Waals surface area contributed by atoms with Gasteiger partial charge in [-0.1, -0.05) is 23.4 Å². The maximum absolute atomic E-state index is 5.59. The van der Waals surface area contributed by atoms with E-state index in [1.165, 1.54) is 10.9 Å². The van der Waals surface area contributed by atoms with E-state index >= 15 is 0 Å². The molecule has 0 aliphatic carbocycles. The second kappa shape index (κ2) is 4.31. The van der Waals surface area contributed by atoms with Crippen LogP contribution < -0.4 is 5.73 Å². The van der Waals surface area contributed by atoms with E-state index < -0.39 is 0 Å². The first-order valence-corrected chi connectivity index (χ1v) is 6.02. The van der Waals surface area contributed by atoms with E-state index in [9.17, 15) is 0 Å². The van der Waals surface area contributed by atoms with Crippen molar-refractivity contribution in [3.63, 3.8) is 0 Å². The van der Waals surface area contributed by atoms with Gasteiger partial charge in [0.25, 0.3) is 0 Å². The van der Waals surface area contributed by atoms with E-state index in [1.807, 2.05) is 0 Å². The fourth-order valence-electron chi connectivity index (χ4n) is 2.25. The van der Waals surface area contributed by atoms with Crippen molar-refractivity contribution in [3.05, 3.63) is 41.6 Å². The number of aryl methyl sites for hydroxylation is 1. The lowest BCUT2D eigenvalue weighted by atomic mass is 10.1. The summed E-state index contributed by atoms with van der Waals surface area (Å²) < 4.78 is 5.34. The van der Waals surface area contributed by atoms with Gasteiger partial charge in [0.05, 0.1) is 11.9 Å². The van der Waals surface area contributed by atoms with Gasteiger partial charge in [0.1, 0.15) is 0 Å². The van der Waals surface area contributed by atoms with E-state index in [0.717, 1.165) is 29.0 Å². The molecule has 4 heteroatoms. The number of H-pyrrole nitrogens is 1. The molecule has 1 aromatic carbocycles. The minimum atomic E-state index is 0.591. The number of nitrogens with two attached hydrogens (primary N) is 1. The zero-order chi connectivity index (χ0) is 12.5. The summed E-state index contributed by atoms with van der Waals surface area (Å²) in [4.78, 5) is 3.39. The summed E-state index contributed by atoms with van der Waals surface area (Å²) in [5, 5.41) is 5.04. The molecule has 0 radical (unpaired) electrons. The smallest absolute Gasteiger partial charge is 0.186 e. The lowest BCUT2D eigenvalue weighted by Crippen LogP contribution is -2.02. The van der Waals surface area contributed by atoms with E-state index in [0.29, 0.717) is 6.54 Å². The van der Waals surface area contributed by atoms with Crippen LogP contribution in [-0.2, 0) is 6.42 Å². The highest BCUT2D eigenvalue weighted by Gasteiger charge is 2.13. The molecule has 3 rings (SSSR count). The van der Waals surface area contributed by atoms with Crippen molar-refractivity contribution >= 4 is 10.9 Å². The van der Waals surface area contributed by atoms with Crippen LogP contribution in [0.1, 0.15) is 11.1 Å². The fraction of sp³-hybridized carbons (Fsp3) is 0.214. The van der Waals surface area contributed by atoms with Crippen molar-refractivity contribution < 1.29 is 4.52 Å². The SMILES string of the molecule is Cc1cccc2cc(-c3oncc3CCN)[nH]c12. The van der Waals surface area contributed by atoms with Gasteiger partial charge in [-0.05, 0) is 31.5 Å². The molecule has 2 aromatic heterocycles. The lowest BCUT2D eigenvalue weighted by molar-refractivity contribution is 0.430. The van der Waals surface area contributed by atoms with Crippen molar-refractivity contribution in [1.29, 1.82) is 0 Å². The average molecular weight is 241 g/mol. The Hall–Kier alpha value is -2.07. The van der Waals surface area contributed by atoms with Gasteiger partial charge in [0, 0.05) is 16.5 Å². The van der Waals surface area contributed by atoms with Crippen LogP contribution >= 0.6 is 0 Å². The highest BCUT2D eigenvalue weighted by Crippen LogP contribution is 2.28. The van der Waals surface area contributed by atoms with Gasteiger partial charge in [-0.3, -0.25) is 0 Å². The summed E-state index contributed by atoms with van der Waals surface area (Å²) in [6.07, 6.45) is 2.51. The topological polar surface area (TPSA) is 67.8 Å². The van der Waals surface area contributed by atoms with Crippen LogP contribution in [0.15, 0.2) is 35.0 Å². The standard InChI is InChI=1S/C14H15N3O/c1-9-3-2-4-10-7-12(17-13(9)10)14-11(5-6-15)8-16-18-14/h2-4,7-8,17H,5-6,15H2,1H3. The molecule has 2 heterocycles. The fourth-order valence-corrected chi connectivity index (χ4v) is 2.25. The molecule has 0 saturated heterocycles. The predicted octanol–water partition coefficient (Wildman–Crippen LogP) is 2.63. The summed E-state index contributed by atoms with van der Waals surface area (Å²) in [6, 6.07) is 8.31. The number of fused-ring (bicyclic) bond motifs is 1. The molecule has 0 spiro atoms. The van der Waals surface area contributed by atoms with Gasteiger partial charge >= 0.3 is 0 Å². The molecule has 0 amide bonds. The molecule has 92 valence electrons. The molecule has 0 saturated carbocycles. The number of para-hydroxylation sites is 1. The minimum Gasteiger partial charge on any atom is -0.354 e. The normalized spacial score (nSPS) is 11.2. The number of aromatic nitrogens is 2. The number of rotatable bonds is 3. The van der Waals surface area contributed by atoms with Crippen molar-refractivity contribution in [3.8, 4) is 11.5 Å². The number of nitrogens with one attached hydrogen (secondary N) is 1. The first kappa shape index (κ1) is 11.0. The van der Waals surface area contributed by atoms with Crippen LogP contribution in [0.4, 0.5) is 0 Å². The van der Waals surface area contributed by atoms with Crippen molar-refractivity contribution in [2.75, 3.05) is 6.54 Å². The van der Waals surface area contributed by atoms with E-state index in [4.69, 9.17) is 10.3 Å². The Kier molecular flexibility index (Phi) is 2.64. The Morgan fingerprint density at radius 2 is 2.28 bits per heavy atom. The van der Waals surface area contributed by atoms with Crippen LogP contribution in [0.5, 0.6) is 0 Å². The molecule has 0 atom stereocenters. The quantitative estimate of drug-likeness (QED) is 0.740. The summed E-state index contributed by atoms with van der Waals surface area (Å²) in [6.45, 7) is 2.68. The first-order valence-electron chi connectivity index (χ1n) is 6.02.